The average Bonchev–Trinajstić information content (AvgIpc) is 2.66. The van der Waals surface area contributed by atoms with Crippen molar-refractivity contribution in [1.29, 1.82) is 0 Å². The molecule has 0 radical (unpaired) electrons. The third kappa shape index (κ3) is 1.78. The third-order valence-corrected chi connectivity index (χ3v) is 3.98. The van der Waals surface area contributed by atoms with E-state index in [1.807, 2.05) is 16.7 Å². The van der Waals surface area contributed by atoms with E-state index in [9.17, 15) is 9.90 Å². The Labute approximate surface area is 113 Å². The lowest BCUT2D eigenvalue weighted by molar-refractivity contribution is 0.101. The lowest BCUT2D eigenvalue weighted by atomic mass is 10.1. The lowest BCUT2D eigenvalue weighted by Crippen LogP contribution is -2.24. The first-order chi connectivity index (χ1) is 8.56. The second-order valence-electron chi connectivity index (χ2n) is 4.71. The van der Waals surface area contributed by atoms with Crippen molar-refractivity contribution in [3.8, 4) is 0 Å². The van der Waals surface area contributed by atoms with Crippen LogP contribution in [-0.2, 0) is 13.0 Å². The SMILES string of the molecule is CC(=O)c1cc(Br)c2c(c1)nc1n2C[C@H](O)CC1. The molecular weight excluding hydrogens is 296 g/mol. The summed E-state index contributed by atoms with van der Waals surface area (Å²) in [6, 6.07) is 3.64. The van der Waals surface area contributed by atoms with Crippen LogP contribution in [0.1, 0.15) is 29.5 Å². The van der Waals surface area contributed by atoms with E-state index in [-0.39, 0.29) is 11.9 Å². The Bertz CT molecular complexity index is 648. The van der Waals surface area contributed by atoms with Gasteiger partial charge in [-0.25, -0.2) is 4.98 Å². The molecule has 0 saturated heterocycles. The maximum Gasteiger partial charge on any atom is 0.159 e. The summed E-state index contributed by atoms with van der Waals surface area (Å²) in [5.74, 6) is 1.01. The number of hydrogen-bond donors (Lipinski definition) is 1. The van der Waals surface area contributed by atoms with Gasteiger partial charge in [-0.2, -0.15) is 0 Å². The highest BCUT2D eigenvalue weighted by Gasteiger charge is 2.22. The predicted octanol–water partition coefficient (Wildman–Crippen LogP) is 2.31. The van der Waals surface area contributed by atoms with Crippen molar-refractivity contribution < 1.29 is 9.90 Å². The van der Waals surface area contributed by atoms with E-state index in [1.54, 1.807) is 6.92 Å². The molecule has 1 N–H and O–H groups in total. The first-order valence-corrected chi connectivity index (χ1v) is 6.73. The topological polar surface area (TPSA) is 55.1 Å². The number of benzene rings is 1. The molecule has 18 heavy (non-hydrogen) atoms. The number of aliphatic hydroxyl groups is 1. The van der Waals surface area contributed by atoms with Crippen molar-refractivity contribution >= 4 is 32.7 Å². The number of aryl methyl sites for hydroxylation is 1. The van der Waals surface area contributed by atoms with E-state index in [2.05, 4.69) is 20.9 Å². The molecule has 2 heterocycles. The highest BCUT2D eigenvalue weighted by atomic mass is 79.9. The minimum Gasteiger partial charge on any atom is -0.391 e. The minimum absolute atomic E-state index is 0.0311. The van der Waals surface area contributed by atoms with E-state index < -0.39 is 0 Å². The number of aliphatic hydroxyl groups excluding tert-OH is 1. The first kappa shape index (κ1) is 11.9. The molecule has 0 amide bonds. The van der Waals surface area contributed by atoms with E-state index in [1.165, 1.54) is 0 Å². The zero-order valence-electron chi connectivity index (χ0n) is 9.98. The Kier molecular flexibility index (Phi) is 2.75. The molecule has 1 aromatic heterocycles. The standard InChI is InChI=1S/C13H13BrN2O2/c1-7(17)8-4-10(14)13-11(5-8)15-12-3-2-9(18)6-16(12)13/h4-5,9,18H,2-3,6H2,1H3/t9-/m1/s1. The number of rotatable bonds is 1. The summed E-state index contributed by atoms with van der Waals surface area (Å²) in [5, 5.41) is 9.75. The van der Waals surface area contributed by atoms with Gasteiger partial charge in [0.05, 0.1) is 23.7 Å². The van der Waals surface area contributed by atoms with Gasteiger partial charge in [-0.3, -0.25) is 4.79 Å². The number of Topliss-reactive ketones (excluding diaryl/α,β-unsaturated/α-hetero) is 1. The van der Waals surface area contributed by atoms with Crippen LogP contribution < -0.4 is 0 Å². The van der Waals surface area contributed by atoms with Crippen molar-refractivity contribution in [2.24, 2.45) is 0 Å². The second kappa shape index (κ2) is 4.17. The maximum absolute atomic E-state index is 11.4. The van der Waals surface area contributed by atoms with Gasteiger partial charge in [0.1, 0.15) is 5.82 Å². The van der Waals surface area contributed by atoms with Gasteiger partial charge in [-0.05, 0) is 41.4 Å². The molecule has 94 valence electrons. The molecule has 0 spiro atoms. The molecular formula is C13H13BrN2O2. The largest absolute Gasteiger partial charge is 0.391 e. The molecule has 0 fully saturated rings. The van der Waals surface area contributed by atoms with Crippen molar-refractivity contribution in [1.82, 2.24) is 9.55 Å². The fourth-order valence-corrected chi connectivity index (χ4v) is 3.12. The zero-order chi connectivity index (χ0) is 12.9. The maximum atomic E-state index is 11.4. The third-order valence-electron chi connectivity index (χ3n) is 3.38. The number of nitrogens with zero attached hydrogens (tertiary/aromatic N) is 2. The molecule has 0 aliphatic carbocycles. The van der Waals surface area contributed by atoms with Crippen LogP contribution >= 0.6 is 15.9 Å². The summed E-state index contributed by atoms with van der Waals surface area (Å²) in [6.45, 7) is 2.12. The van der Waals surface area contributed by atoms with Crippen LogP contribution in [0.15, 0.2) is 16.6 Å². The smallest absolute Gasteiger partial charge is 0.159 e. The number of carbonyl (C=O) groups is 1. The number of halogens is 1. The van der Waals surface area contributed by atoms with Crippen molar-refractivity contribution in [2.45, 2.75) is 32.4 Å². The van der Waals surface area contributed by atoms with Gasteiger partial charge in [0.15, 0.2) is 5.78 Å². The van der Waals surface area contributed by atoms with E-state index >= 15 is 0 Å². The molecule has 1 aliphatic rings. The molecule has 1 aromatic carbocycles. The summed E-state index contributed by atoms with van der Waals surface area (Å²) in [7, 11) is 0. The van der Waals surface area contributed by atoms with Gasteiger partial charge in [-0.15, -0.1) is 0 Å². The zero-order valence-corrected chi connectivity index (χ0v) is 11.6. The van der Waals surface area contributed by atoms with Crippen LogP contribution in [0.2, 0.25) is 0 Å². The van der Waals surface area contributed by atoms with Crippen molar-refractivity contribution in [2.75, 3.05) is 0 Å². The van der Waals surface area contributed by atoms with Crippen LogP contribution in [0.5, 0.6) is 0 Å². The summed E-state index contributed by atoms with van der Waals surface area (Å²) in [6.07, 6.45) is 1.22. The fraction of sp³-hybridized carbons (Fsp3) is 0.385. The predicted molar refractivity (Wildman–Crippen MR) is 71.8 cm³/mol. The van der Waals surface area contributed by atoms with Crippen LogP contribution in [0.25, 0.3) is 11.0 Å². The van der Waals surface area contributed by atoms with Gasteiger partial charge >= 0.3 is 0 Å². The van der Waals surface area contributed by atoms with Gasteiger partial charge in [0, 0.05) is 16.5 Å². The molecule has 5 heteroatoms. The Morgan fingerprint density at radius 1 is 1.56 bits per heavy atom. The van der Waals surface area contributed by atoms with Crippen LogP contribution in [0, 0.1) is 0 Å². The molecule has 0 bridgehead atoms. The minimum atomic E-state index is -0.311. The summed E-state index contributed by atoms with van der Waals surface area (Å²) in [4.78, 5) is 16.0. The molecule has 1 aliphatic heterocycles. The Morgan fingerprint density at radius 2 is 2.33 bits per heavy atom. The van der Waals surface area contributed by atoms with Gasteiger partial charge in [-0.1, -0.05) is 0 Å². The van der Waals surface area contributed by atoms with Crippen LogP contribution in [0.3, 0.4) is 0 Å². The number of fused-ring (bicyclic) bond motifs is 3. The lowest BCUT2D eigenvalue weighted by Gasteiger charge is -2.20. The number of imidazole rings is 1. The molecule has 1 atom stereocenters. The molecule has 0 unspecified atom stereocenters. The Balaban J connectivity index is 2.26. The number of carbonyl (C=O) groups excluding carboxylic acids is 1. The van der Waals surface area contributed by atoms with E-state index in [0.29, 0.717) is 12.1 Å². The molecule has 0 saturated carbocycles. The normalized spacial score (nSPS) is 18.9. The molecule has 3 rings (SSSR count). The van der Waals surface area contributed by atoms with Crippen LogP contribution in [0.4, 0.5) is 0 Å². The quantitative estimate of drug-likeness (QED) is 0.823. The highest BCUT2D eigenvalue weighted by molar-refractivity contribution is 9.10. The summed E-state index contributed by atoms with van der Waals surface area (Å²) >= 11 is 3.50. The summed E-state index contributed by atoms with van der Waals surface area (Å²) < 4.78 is 2.90. The highest BCUT2D eigenvalue weighted by Crippen LogP contribution is 2.30. The number of aromatic nitrogens is 2. The number of ketones is 1. The van der Waals surface area contributed by atoms with E-state index in [4.69, 9.17) is 0 Å². The van der Waals surface area contributed by atoms with Crippen molar-refractivity contribution in [3.05, 3.63) is 28.0 Å². The van der Waals surface area contributed by atoms with Gasteiger partial charge < -0.3 is 9.67 Å². The fourth-order valence-electron chi connectivity index (χ4n) is 2.45. The Hall–Kier alpha value is -1.20. The summed E-state index contributed by atoms with van der Waals surface area (Å²) in [5.41, 5.74) is 2.44. The molecule has 2 aromatic rings. The first-order valence-electron chi connectivity index (χ1n) is 5.94. The second-order valence-corrected chi connectivity index (χ2v) is 5.57. The monoisotopic (exact) mass is 308 g/mol. The number of hydrogen-bond acceptors (Lipinski definition) is 3. The van der Waals surface area contributed by atoms with E-state index in [0.717, 1.165) is 34.2 Å². The Morgan fingerprint density at radius 3 is 3.06 bits per heavy atom. The molecule has 4 nitrogen and oxygen atoms in total. The van der Waals surface area contributed by atoms with Gasteiger partial charge in [0.2, 0.25) is 0 Å². The van der Waals surface area contributed by atoms with Crippen LogP contribution in [-0.4, -0.2) is 26.5 Å². The van der Waals surface area contributed by atoms with Gasteiger partial charge in [0.25, 0.3) is 0 Å². The van der Waals surface area contributed by atoms with Crippen molar-refractivity contribution in [3.63, 3.8) is 0 Å². The average molecular weight is 309 g/mol.